The van der Waals surface area contributed by atoms with Gasteiger partial charge in [-0.2, -0.15) is 4.98 Å². The van der Waals surface area contributed by atoms with Crippen LogP contribution >= 0.6 is 0 Å². The zero-order valence-corrected chi connectivity index (χ0v) is 11.9. The van der Waals surface area contributed by atoms with Crippen LogP contribution in [0, 0.1) is 11.8 Å². The van der Waals surface area contributed by atoms with E-state index in [2.05, 4.69) is 15.3 Å². The topological polar surface area (TPSA) is 105 Å². The van der Waals surface area contributed by atoms with Crippen molar-refractivity contribution in [1.82, 2.24) is 14.9 Å². The SMILES string of the molecule is COc1ncncc1NC(=O)N1CC(C)CC(C(=O)O)C1. The van der Waals surface area contributed by atoms with Crippen LogP contribution in [0.15, 0.2) is 12.5 Å². The number of nitrogens with zero attached hydrogens (tertiary/aromatic N) is 3. The largest absolute Gasteiger partial charge is 0.481 e. The van der Waals surface area contributed by atoms with E-state index in [0.29, 0.717) is 18.7 Å². The lowest BCUT2D eigenvalue weighted by Crippen LogP contribution is -2.47. The second-order valence-electron chi connectivity index (χ2n) is 5.16. The van der Waals surface area contributed by atoms with Gasteiger partial charge in [0, 0.05) is 13.1 Å². The quantitative estimate of drug-likeness (QED) is 0.863. The number of hydrogen-bond donors (Lipinski definition) is 2. The van der Waals surface area contributed by atoms with Gasteiger partial charge in [-0.25, -0.2) is 9.78 Å². The number of likely N-dealkylation sites (tertiary alicyclic amines) is 1. The fourth-order valence-corrected chi connectivity index (χ4v) is 2.46. The number of carboxylic acids is 1. The molecule has 0 radical (unpaired) electrons. The summed E-state index contributed by atoms with van der Waals surface area (Å²) in [5.41, 5.74) is 0.357. The van der Waals surface area contributed by atoms with Crippen LogP contribution in [0.5, 0.6) is 5.88 Å². The van der Waals surface area contributed by atoms with Gasteiger partial charge in [-0.15, -0.1) is 0 Å². The van der Waals surface area contributed by atoms with Crippen LogP contribution in [0.2, 0.25) is 0 Å². The van der Waals surface area contributed by atoms with Crippen LogP contribution in [-0.4, -0.2) is 52.2 Å². The zero-order chi connectivity index (χ0) is 15.4. The van der Waals surface area contributed by atoms with Crippen LogP contribution in [0.4, 0.5) is 10.5 Å². The van der Waals surface area contributed by atoms with E-state index >= 15 is 0 Å². The number of carboxylic acid groups (broad SMARTS) is 1. The number of methoxy groups -OCH3 is 1. The summed E-state index contributed by atoms with van der Waals surface area (Å²) in [5.74, 6) is -1.01. The molecule has 2 unspecified atom stereocenters. The molecule has 1 saturated heterocycles. The van der Waals surface area contributed by atoms with Gasteiger partial charge in [0.05, 0.1) is 19.2 Å². The summed E-state index contributed by atoms with van der Waals surface area (Å²) in [6.07, 6.45) is 3.33. The van der Waals surface area contributed by atoms with Gasteiger partial charge in [0.1, 0.15) is 12.0 Å². The minimum atomic E-state index is -0.875. The molecule has 2 N–H and O–H groups in total. The van der Waals surface area contributed by atoms with E-state index in [0.717, 1.165) is 0 Å². The van der Waals surface area contributed by atoms with Gasteiger partial charge >= 0.3 is 12.0 Å². The Morgan fingerprint density at radius 2 is 2.24 bits per heavy atom. The maximum atomic E-state index is 12.3. The smallest absolute Gasteiger partial charge is 0.322 e. The van der Waals surface area contributed by atoms with Crippen molar-refractivity contribution in [3.8, 4) is 5.88 Å². The summed E-state index contributed by atoms with van der Waals surface area (Å²) < 4.78 is 5.04. The van der Waals surface area contributed by atoms with Crippen molar-refractivity contribution in [2.24, 2.45) is 11.8 Å². The van der Waals surface area contributed by atoms with Gasteiger partial charge in [-0.1, -0.05) is 6.92 Å². The van der Waals surface area contributed by atoms with Crippen LogP contribution < -0.4 is 10.1 Å². The van der Waals surface area contributed by atoms with Gasteiger partial charge in [0.25, 0.3) is 0 Å². The summed E-state index contributed by atoms with van der Waals surface area (Å²) in [7, 11) is 1.45. The van der Waals surface area contributed by atoms with E-state index in [9.17, 15) is 9.59 Å². The molecule has 2 heterocycles. The maximum absolute atomic E-state index is 12.3. The number of aliphatic carboxylic acids is 1. The Morgan fingerprint density at radius 1 is 1.48 bits per heavy atom. The number of aromatic nitrogens is 2. The molecule has 21 heavy (non-hydrogen) atoms. The fraction of sp³-hybridized carbons (Fsp3) is 0.538. The van der Waals surface area contributed by atoms with E-state index in [1.807, 2.05) is 6.92 Å². The molecule has 1 aromatic rings. The molecule has 0 aliphatic carbocycles. The highest BCUT2D eigenvalue weighted by atomic mass is 16.5. The fourth-order valence-electron chi connectivity index (χ4n) is 2.46. The van der Waals surface area contributed by atoms with Crippen LogP contribution in [0.3, 0.4) is 0 Å². The molecule has 8 nitrogen and oxygen atoms in total. The Morgan fingerprint density at radius 3 is 2.90 bits per heavy atom. The minimum absolute atomic E-state index is 0.138. The summed E-state index contributed by atoms with van der Waals surface area (Å²) >= 11 is 0. The van der Waals surface area contributed by atoms with E-state index in [1.54, 1.807) is 0 Å². The van der Waals surface area contributed by atoms with E-state index < -0.39 is 11.9 Å². The number of nitrogens with one attached hydrogen (secondary N) is 1. The maximum Gasteiger partial charge on any atom is 0.322 e. The first kappa shape index (κ1) is 15.0. The number of hydrogen-bond acceptors (Lipinski definition) is 5. The number of anilines is 1. The van der Waals surface area contributed by atoms with Crippen molar-refractivity contribution in [1.29, 1.82) is 0 Å². The van der Waals surface area contributed by atoms with Gasteiger partial charge in [-0.05, 0) is 12.3 Å². The lowest BCUT2D eigenvalue weighted by atomic mass is 9.91. The highest BCUT2D eigenvalue weighted by Gasteiger charge is 2.32. The van der Waals surface area contributed by atoms with E-state index in [4.69, 9.17) is 9.84 Å². The van der Waals surface area contributed by atoms with Crippen molar-refractivity contribution in [2.45, 2.75) is 13.3 Å². The van der Waals surface area contributed by atoms with Crippen molar-refractivity contribution in [3.05, 3.63) is 12.5 Å². The molecular weight excluding hydrogens is 276 g/mol. The third kappa shape index (κ3) is 3.59. The van der Waals surface area contributed by atoms with Crippen molar-refractivity contribution in [2.75, 3.05) is 25.5 Å². The van der Waals surface area contributed by atoms with Crippen LogP contribution in [0.1, 0.15) is 13.3 Å². The van der Waals surface area contributed by atoms with Gasteiger partial charge < -0.3 is 20.1 Å². The average molecular weight is 294 g/mol. The molecule has 0 spiro atoms. The third-order valence-corrected chi connectivity index (χ3v) is 3.41. The van der Waals surface area contributed by atoms with Crippen LogP contribution in [-0.2, 0) is 4.79 Å². The van der Waals surface area contributed by atoms with Crippen molar-refractivity contribution in [3.63, 3.8) is 0 Å². The lowest BCUT2D eigenvalue weighted by molar-refractivity contribution is -0.143. The molecule has 1 aliphatic heterocycles. The molecule has 2 atom stereocenters. The zero-order valence-electron chi connectivity index (χ0n) is 11.9. The Balaban J connectivity index is 2.07. The number of amides is 2. The summed E-state index contributed by atoms with van der Waals surface area (Å²) in [5, 5.41) is 11.8. The monoisotopic (exact) mass is 294 g/mol. The van der Waals surface area contributed by atoms with E-state index in [-0.39, 0.29) is 24.4 Å². The Bertz CT molecular complexity index is 537. The molecule has 114 valence electrons. The summed E-state index contributed by atoms with van der Waals surface area (Å²) in [6.45, 7) is 2.65. The standard InChI is InChI=1S/C13H18N4O4/c1-8-3-9(12(18)19)6-17(5-8)13(20)16-10-4-14-7-15-11(10)21-2/h4,7-9H,3,5-6H2,1-2H3,(H,16,20)(H,18,19). The molecule has 1 aromatic heterocycles. The number of urea groups is 1. The molecule has 2 rings (SSSR count). The second-order valence-corrected chi connectivity index (χ2v) is 5.16. The second kappa shape index (κ2) is 6.38. The van der Waals surface area contributed by atoms with Gasteiger partial charge in [0.15, 0.2) is 0 Å². The average Bonchev–Trinajstić information content (AvgIpc) is 2.47. The highest BCUT2D eigenvalue weighted by molar-refractivity contribution is 5.90. The lowest BCUT2D eigenvalue weighted by Gasteiger charge is -2.34. The van der Waals surface area contributed by atoms with Crippen molar-refractivity contribution < 1.29 is 19.4 Å². The molecular formula is C13H18N4O4. The van der Waals surface area contributed by atoms with Crippen molar-refractivity contribution >= 4 is 17.7 Å². The number of ether oxygens (including phenoxy) is 1. The third-order valence-electron chi connectivity index (χ3n) is 3.41. The molecule has 0 bridgehead atoms. The van der Waals surface area contributed by atoms with Gasteiger partial charge in [0.2, 0.25) is 5.88 Å². The summed E-state index contributed by atoms with van der Waals surface area (Å²) in [4.78, 5) is 32.6. The number of rotatable bonds is 3. The summed E-state index contributed by atoms with van der Waals surface area (Å²) in [6, 6.07) is -0.374. The Labute approximate surface area is 122 Å². The first-order valence-corrected chi connectivity index (χ1v) is 6.64. The molecule has 1 fully saturated rings. The first-order chi connectivity index (χ1) is 10.0. The number of carbonyl (C=O) groups is 2. The minimum Gasteiger partial charge on any atom is -0.481 e. The number of piperidine rings is 1. The predicted octanol–water partition coefficient (Wildman–Crippen LogP) is 1.06. The Kier molecular flexibility index (Phi) is 4.56. The molecule has 0 saturated carbocycles. The molecule has 8 heteroatoms. The molecule has 0 aromatic carbocycles. The highest BCUT2D eigenvalue weighted by Crippen LogP contribution is 2.24. The number of carbonyl (C=O) groups excluding carboxylic acids is 1. The molecule has 1 aliphatic rings. The predicted molar refractivity (Wildman–Crippen MR) is 74.1 cm³/mol. The molecule has 2 amide bonds. The first-order valence-electron chi connectivity index (χ1n) is 6.64. The van der Waals surface area contributed by atoms with E-state index in [1.165, 1.54) is 24.5 Å². The van der Waals surface area contributed by atoms with Crippen LogP contribution in [0.25, 0.3) is 0 Å². The normalized spacial score (nSPS) is 21.7. The van der Waals surface area contributed by atoms with Gasteiger partial charge in [-0.3, -0.25) is 4.79 Å². The Hall–Kier alpha value is -2.38.